The highest BCUT2D eigenvalue weighted by Gasteiger charge is 2.58. The summed E-state index contributed by atoms with van der Waals surface area (Å²) in [5.74, 6) is 0.200. The third-order valence-electron chi connectivity index (χ3n) is 7.50. The largest absolute Gasteiger partial charge is 0.377 e. The van der Waals surface area contributed by atoms with E-state index in [0.717, 1.165) is 18.9 Å². The van der Waals surface area contributed by atoms with Crippen LogP contribution in [0.1, 0.15) is 38.3 Å². The summed E-state index contributed by atoms with van der Waals surface area (Å²) >= 11 is 0. The number of rotatable bonds is 7. The maximum atomic E-state index is 14.7. The van der Waals surface area contributed by atoms with Crippen molar-refractivity contribution in [2.45, 2.75) is 54.3 Å². The van der Waals surface area contributed by atoms with Gasteiger partial charge in [-0.05, 0) is 69.0 Å². The van der Waals surface area contributed by atoms with Crippen molar-refractivity contribution in [2.75, 3.05) is 30.0 Å². The summed E-state index contributed by atoms with van der Waals surface area (Å²) < 4.78 is 46.5. The molecule has 11 heteroatoms. The number of hydrogen-bond acceptors (Lipinski definition) is 7. The van der Waals surface area contributed by atoms with E-state index in [2.05, 4.69) is 15.5 Å². The lowest BCUT2D eigenvalue weighted by Crippen LogP contribution is -2.44. The van der Waals surface area contributed by atoms with Crippen LogP contribution >= 0.6 is 0 Å². The Kier molecular flexibility index (Phi) is 6.50. The van der Waals surface area contributed by atoms with Gasteiger partial charge in [0.2, 0.25) is 0 Å². The second kappa shape index (κ2) is 9.87. The van der Waals surface area contributed by atoms with Gasteiger partial charge in [0.1, 0.15) is 21.3 Å². The molecule has 6 rings (SSSR count). The molecule has 2 aromatic carbocycles. The molecule has 2 N–H and O–H groups in total. The number of carbonyl (C=O) groups excluding carboxylic acids is 1. The van der Waals surface area contributed by atoms with Gasteiger partial charge in [-0.15, -0.1) is 0 Å². The molecule has 2 aliphatic carbocycles. The minimum Gasteiger partial charge on any atom is -0.377 e. The molecule has 2 amide bonds. The summed E-state index contributed by atoms with van der Waals surface area (Å²) in [5, 5.41) is 5.71. The number of morpholine rings is 1. The summed E-state index contributed by atoms with van der Waals surface area (Å²) in [7, 11) is -4.06. The zero-order chi connectivity index (χ0) is 27.2. The molecule has 0 spiro atoms. The molecule has 3 aliphatic rings. The van der Waals surface area contributed by atoms with E-state index in [1.165, 1.54) is 18.2 Å². The highest BCUT2D eigenvalue weighted by Crippen LogP contribution is 2.55. The Morgan fingerprint density at radius 2 is 1.85 bits per heavy atom. The molecule has 0 unspecified atom stereocenters. The van der Waals surface area contributed by atoms with Crippen LogP contribution in [0.15, 0.2) is 59.5 Å². The summed E-state index contributed by atoms with van der Waals surface area (Å²) in [6.45, 7) is 3.68. The van der Waals surface area contributed by atoms with Crippen LogP contribution in [0.3, 0.4) is 0 Å². The average Bonchev–Trinajstić information content (AvgIpc) is 3.85. The van der Waals surface area contributed by atoms with Crippen molar-refractivity contribution >= 4 is 27.4 Å². The van der Waals surface area contributed by atoms with E-state index in [4.69, 9.17) is 14.7 Å². The van der Waals surface area contributed by atoms with Crippen LogP contribution in [-0.4, -0.2) is 56.3 Å². The molecule has 1 saturated heterocycles. The van der Waals surface area contributed by atoms with Crippen molar-refractivity contribution < 1.29 is 22.3 Å². The lowest BCUT2D eigenvalue weighted by atomic mass is 10.1. The fourth-order valence-corrected chi connectivity index (χ4v) is 6.97. The zero-order valence-corrected chi connectivity index (χ0v) is 22.4. The van der Waals surface area contributed by atoms with Gasteiger partial charge in [-0.25, -0.2) is 27.6 Å². The summed E-state index contributed by atoms with van der Waals surface area (Å²) in [6, 6.07) is 14.3. The van der Waals surface area contributed by atoms with Crippen molar-refractivity contribution in [3.05, 3.63) is 66.1 Å². The van der Waals surface area contributed by atoms with Gasteiger partial charge < -0.3 is 20.3 Å². The van der Waals surface area contributed by atoms with Crippen LogP contribution in [0.4, 0.5) is 20.7 Å². The highest BCUT2D eigenvalue weighted by atomic mass is 32.2. The topological polar surface area (TPSA) is 114 Å². The zero-order valence-electron chi connectivity index (χ0n) is 21.6. The number of sulfone groups is 1. The number of ether oxygens (including phenoxy) is 1. The minimum atomic E-state index is -4.06. The van der Waals surface area contributed by atoms with Crippen LogP contribution < -0.4 is 15.5 Å². The van der Waals surface area contributed by atoms with E-state index >= 15 is 0 Å². The predicted molar refractivity (Wildman–Crippen MR) is 145 cm³/mol. The first kappa shape index (κ1) is 25.7. The number of benzene rings is 2. The van der Waals surface area contributed by atoms with E-state index in [9.17, 15) is 17.6 Å². The van der Waals surface area contributed by atoms with Gasteiger partial charge in [-0.3, -0.25) is 0 Å². The van der Waals surface area contributed by atoms with Crippen molar-refractivity contribution in [3.8, 4) is 11.4 Å². The number of aromatic nitrogens is 2. The fraction of sp³-hybridized carbons (Fsp3) is 0.393. The molecule has 3 fully saturated rings. The Hall–Kier alpha value is -3.57. The fourth-order valence-electron chi connectivity index (χ4n) is 4.94. The highest BCUT2D eigenvalue weighted by molar-refractivity contribution is 7.92. The number of nitrogens with zero attached hydrogens (tertiary/aromatic N) is 3. The molecule has 2 saturated carbocycles. The Balaban J connectivity index is 1.38. The van der Waals surface area contributed by atoms with Gasteiger partial charge in [0.05, 0.1) is 24.9 Å². The number of carbonyl (C=O) groups is 1. The molecular formula is C28H30FN5O4S. The van der Waals surface area contributed by atoms with E-state index in [1.54, 1.807) is 30.3 Å². The number of anilines is 2. The summed E-state index contributed by atoms with van der Waals surface area (Å²) in [6.07, 6.45) is 2.69. The van der Waals surface area contributed by atoms with Gasteiger partial charge >= 0.3 is 6.03 Å². The first-order chi connectivity index (χ1) is 18.8. The molecular weight excluding hydrogens is 521 g/mol. The maximum Gasteiger partial charge on any atom is 0.319 e. The normalized spacial score (nSPS) is 20.4. The molecule has 1 aliphatic heterocycles. The van der Waals surface area contributed by atoms with Gasteiger partial charge in [-0.2, -0.15) is 0 Å². The minimum absolute atomic E-state index is 0.0317. The third kappa shape index (κ3) is 4.96. The third-order valence-corrected chi connectivity index (χ3v) is 10.1. The quantitative estimate of drug-likeness (QED) is 0.451. The number of halogens is 1. The first-order valence-corrected chi connectivity index (χ1v) is 14.7. The molecule has 2 heterocycles. The lowest BCUT2D eigenvalue weighted by molar-refractivity contribution is 0.0985. The van der Waals surface area contributed by atoms with Crippen molar-refractivity contribution in [3.63, 3.8) is 0 Å². The van der Waals surface area contributed by atoms with Crippen molar-refractivity contribution in [1.29, 1.82) is 0 Å². The number of hydrogen-bond donors (Lipinski definition) is 2. The van der Waals surface area contributed by atoms with Gasteiger partial charge in [0, 0.05) is 29.9 Å². The maximum absolute atomic E-state index is 14.7. The standard InChI is InChI=1S/C28H30FN5O4S/c1-18-17-38-15-14-34(18)25-16-24(28(12-13-28)39(36,37)23-5-3-2-4-22(23)29)32-26(33-25)19-6-8-20(9-7-19)30-27(35)31-21-10-11-21/h2-9,16,18,21H,10-15,17H2,1H3,(H2,30,31,35)/t18-/m0/s1. The smallest absolute Gasteiger partial charge is 0.319 e. The molecule has 1 aromatic heterocycles. The Labute approximate surface area is 226 Å². The van der Waals surface area contributed by atoms with Crippen LogP contribution in [-0.2, 0) is 19.3 Å². The van der Waals surface area contributed by atoms with E-state index in [1.807, 2.05) is 6.92 Å². The molecule has 3 aromatic rings. The Bertz CT molecular complexity index is 1510. The Morgan fingerprint density at radius 3 is 2.51 bits per heavy atom. The van der Waals surface area contributed by atoms with Gasteiger partial charge in [-0.1, -0.05) is 12.1 Å². The van der Waals surface area contributed by atoms with Gasteiger partial charge in [0.15, 0.2) is 15.7 Å². The van der Waals surface area contributed by atoms with E-state index in [-0.39, 0.29) is 23.0 Å². The summed E-state index contributed by atoms with van der Waals surface area (Å²) in [5.41, 5.74) is 1.65. The van der Waals surface area contributed by atoms with E-state index < -0.39 is 20.4 Å². The second-order valence-corrected chi connectivity index (χ2v) is 12.7. The first-order valence-electron chi connectivity index (χ1n) is 13.2. The van der Waals surface area contributed by atoms with Crippen LogP contribution in [0.25, 0.3) is 11.4 Å². The summed E-state index contributed by atoms with van der Waals surface area (Å²) in [4.78, 5) is 23.5. The van der Waals surface area contributed by atoms with Crippen molar-refractivity contribution in [1.82, 2.24) is 15.3 Å². The molecule has 1 atom stereocenters. The number of urea groups is 1. The molecule has 204 valence electrons. The van der Waals surface area contributed by atoms with Crippen molar-refractivity contribution in [2.24, 2.45) is 0 Å². The van der Waals surface area contributed by atoms with Crippen LogP contribution in [0, 0.1) is 5.82 Å². The number of nitrogens with one attached hydrogen (secondary N) is 2. The molecule has 39 heavy (non-hydrogen) atoms. The predicted octanol–water partition coefficient (Wildman–Crippen LogP) is 4.25. The van der Waals surface area contributed by atoms with Crippen LogP contribution in [0.5, 0.6) is 0 Å². The second-order valence-electron chi connectivity index (χ2n) is 10.4. The monoisotopic (exact) mass is 551 g/mol. The average molecular weight is 552 g/mol. The molecule has 9 nitrogen and oxygen atoms in total. The molecule has 0 radical (unpaired) electrons. The molecule has 0 bridgehead atoms. The SMILES string of the molecule is C[C@H]1COCCN1c1cc(C2(S(=O)(=O)c3ccccc3F)CC2)nc(-c2ccc(NC(=O)NC3CC3)cc2)n1. The van der Waals surface area contributed by atoms with Gasteiger partial charge in [0.25, 0.3) is 0 Å². The van der Waals surface area contributed by atoms with Crippen LogP contribution in [0.2, 0.25) is 0 Å². The number of amides is 2. The van der Waals surface area contributed by atoms with E-state index in [0.29, 0.717) is 61.2 Å². The lowest BCUT2D eigenvalue weighted by Gasteiger charge is -2.34. The Morgan fingerprint density at radius 1 is 1.10 bits per heavy atom.